The summed E-state index contributed by atoms with van der Waals surface area (Å²) in [5, 5.41) is 12.4. The molecule has 0 bridgehead atoms. The normalized spacial score (nSPS) is 16.5. The summed E-state index contributed by atoms with van der Waals surface area (Å²) in [7, 11) is -4.52. The van der Waals surface area contributed by atoms with E-state index in [1.54, 1.807) is 25.1 Å². The third-order valence-corrected chi connectivity index (χ3v) is 20.3. The van der Waals surface area contributed by atoms with Crippen LogP contribution >= 0.6 is 11.8 Å². The number of hydrogen-bond acceptors (Lipinski definition) is 18. The number of nitrogens with two attached hydrogens (primary N) is 9. The quantitative estimate of drug-likeness (QED) is 0.00799. The van der Waals surface area contributed by atoms with E-state index in [0.717, 1.165) is 44.9 Å². The molecule has 1 saturated heterocycles. The number of aliphatic imine (C=N–C) groups is 5. The average molecular weight is 1520 g/mol. The highest BCUT2D eigenvalue weighted by Crippen LogP contribution is 2.48. The summed E-state index contributed by atoms with van der Waals surface area (Å²) in [6, 6.07) is 4.23. The van der Waals surface area contributed by atoms with Crippen molar-refractivity contribution < 1.29 is 60.1 Å². The minimum Gasteiger partial charge on any atom is -0.370 e. The second kappa shape index (κ2) is 42.5. The maximum Gasteiger partial charge on any atom is 0.294 e. The molecule has 2 aromatic carbocycles. The number of rotatable bonds is 45. The second-order valence-corrected chi connectivity index (χ2v) is 30.0. The molecule has 1 fully saturated rings. The number of imide groups is 1. The molecule has 2 aliphatic rings. The van der Waals surface area contributed by atoms with Crippen LogP contribution < -0.4 is 83.1 Å². The number of carbonyl (C=O) groups excluding carboxylic acids is 8. The van der Waals surface area contributed by atoms with E-state index in [1.165, 1.54) is 12.1 Å². The number of anilines is 1. The van der Waals surface area contributed by atoms with E-state index in [1.807, 2.05) is 78.0 Å². The number of allylic oxidation sites excluding steroid dienone is 6. The number of nitrogens with zero attached hydrogens (tertiary/aromatic N) is 7. The molecule has 0 spiro atoms. The van der Waals surface area contributed by atoms with Gasteiger partial charge in [-0.15, -0.1) is 11.8 Å². The Balaban J connectivity index is 1.39. The van der Waals surface area contributed by atoms with E-state index in [9.17, 15) is 60.1 Å². The lowest BCUT2D eigenvalue weighted by molar-refractivity contribution is -0.138. The van der Waals surface area contributed by atoms with Crippen LogP contribution in [0.25, 0.3) is 0 Å². The first kappa shape index (κ1) is 87.9. The Hall–Kier alpha value is -9.46. The topological polar surface area (TPSA) is 591 Å². The SMILES string of the molecule is CCN=C(/C=C/C=C/C=C1/N(CCCCCC(=O)NCCN2C(=O)CC(SC[C@@H](NC(=O)[C@@H](CCCN=C(N)N)NC(=O)[C@@H](CCCN=C(N)N)NC(=O)[C@@H](CCCN=C(N)N)NC(=O)[C@H](C)CCCN=C(N)N)C(N)=O)C2=O)c2ccc(S(=O)(=O)O)cc2C1(C)C)C(C)(C)c1cc(S(=O)O)ccc1C. The Labute approximate surface area is 620 Å². The highest BCUT2D eigenvalue weighted by Gasteiger charge is 2.42. The molecule has 34 nitrogen and oxygen atoms in total. The van der Waals surface area contributed by atoms with Crippen LogP contribution in [0.1, 0.15) is 142 Å². The number of aryl methyl sites for hydroxylation is 1. The van der Waals surface area contributed by atoms with E-state index in [2.05, 4.69) is 51.5 Å². The summed E-state index contributed by atoms with van der Waals surface area (Å²) < 4.78 is 56.4. The minimum atomic E-state index is -4.52. The maximum atomic E-state index is 14.3. The van der Waals surface area contributed by atoms with Crippen LogP contribution in [0.15, 0.2) is 107 Å². The van der Waals surface area contributed by atoms with Crippen molar-refractivity contribution in [1.82, 2.24) is 31.5 Å². The largest absolute Gasteiger partial charge is 0.370 e. The predicted molar refractivity (Wildman–Crippen MR) is 409 cm³/mol. The fourth-order valence-electron chi connectivity index (χ4n) is 11.8. The first-order valence-electron chi connectivity index (χ1n) is 34.6. The summed E-state index contributed by atoms with van der Waals surface area (Å²) in [5.41, 5.74) is 53.3. The lowest BCUT2D eigenvalue weighted by Crippen LogP contribution is -2.58. The van der Waals surface area contributed by atoms with Crippen molar-refractivity contribution in [2.45, 2.75) is 182 Å². The Morgan fingerprint density at radius 2 is 1.21 bits per heavy atom. The zero-order chi connectivity index (χ0) is 78.4. The molecule has 0 radical (unpaired) electrons. The van der Waals surface area contributed by atoms with Gasteiger partial charge >= 0.3 is 0 Å². The number of thioether (sulfide) groups is 1. The monoisotopic (exact) mass is 1520 g/mol. The zero-order valence-electron chi connectivity index (χ0n) is 60.8. The van der Waals surface area contributed by atoms with Crippen molar-refractivity contribution in [3.8, 4) is 0 Å². The molecule has 105 heavy (non-hydrogen) atoms. The standard InChI is InChI=1S/C68H107N21O13S3/c1-8-78-53(67(4,5)45-37-43(104(98)99)27-26-41(45)2)23-11-9-12-24-54-68(6,7)46-38-44(105(100,101)102)28-29-51(46)88(54)35-14-10-13-25-55(90)79-34-36-89-56(91)39-52(62(89)97)103-40-50(57(69)92)87-61(96)49(22-18-33-83-66(76)77)86-60(95)48(21-17-32-82-65(74)75)85-59(94)47(20-16-31-81-64(72)73)84-58(93)42(3)19-15-30-80-63(70)71/h9,11-12,23-24,26-29,37-38,42,47-50,52H,8,10,13-22,25,30-36,39-40H2,1-7H3,(H2,69,92)(H,79,90)(H,84,93)(H,85,94)(H,86,95)(H,87,96)(H,98,99)(H4,70,71,80)(H4,72,73,81)(H4,74,75,82)(H4,76,77,83)(H,100,101,102)/b12-9+,23-11+,54-24+,78-53?/t42-,47-,48-,49-,50-,52?/m1/s1. The number of unbranched alkanes of at least 4 members (excludes halogenated alkanes) is 2. The molecule has 2 heterocycles. The van der Waals surface area contributed by atoms with E-state index in [0.29, 0.717) is 50.8 Å². The van der Waals surface area contributed by atoms with Gasteiger partial charge in [0.1, 0.15) is 24.2 Å². The van der Waals surface area contributed by atoms with Gasteiger partial charge in [-0.05, 0) is 137 Å². The Morgan fingerprint density at radius 3 is 1.71 bits per heavy atom. The van der Waals surface area contributed by atoms with Gasteiger partial charge in [0, 0.05) is 105 Å². The number of benzene rings is 2. The zero-order valence-corrected chi connectivity index (χ0v) is 63.3. The van der Waals surface area contributed by atoms with Gasteiger partial charge in [0.05, 0.1) is 15.0 Å². The van der Waals surface area contributed by atoms with Gasteiger partial charge in [0.25, 0.3) is 10.1 Å². The van der Waals surface area contributed by atoms with E-state index >= 15 is 0 Å². The van der Waals surface area contributed by atoms with Crippen LogP contribution in [0, 0.1) is 12.8 Å². The average Bonchev–Trinajstić information content (AvgIpc) is 1.59. The molecule has 4 rings (SSSR count). The lowest BCUT2D eigenvalue weighted by atomic mass is 9.77. The van der Waals surface area contributed by atoms with Crippen LogP contribution in [0.5, 0.6) is 0 Å². The minimum absolute atomic E-state index is 0.0153. The fraction of sp³-hybridized carbons (Fsp3) is 0.544. The van der Waals surface area contributed by atoms with Gasteiger partial charge in [0.2, 0.25) is 47.3 Å². The van der Waals surface area contributed by atoms with Gasteiger partial charge in [0.15, 0.2) is 34.9 Å². The summed E-state index contributed by atoms with van der Waals surface area (Å²) in [5.74, 6) is -7.07. The van der Waals surface area contributed by atoms with E-state index in [-0.39, 0.29) is 136 Å². The number of carbonyl (C=O) groups is 8. The maximum absolute atomic E-state index is 14.3. The van der Waals surface area contributed by atoms with Crippen LogP contribution in [0.4, 0.5) is 5.69 Å². The predicted octanol–water partition coefficient (Wildman–Crippen LogP) is 0.167. The Bertz CT molecular complexity index is 3780. The van der Waals surface area contributed by atoms with Gasteiger partial charge in [-0.1, -0.05) is 65.3 Å². The highest BCUT2D eigenvalue weighted by atomic mass is 32.2. The molecule has 8 amide bonds. The fourth-order valence-corrected chi connectivity index (χ4v) is 13.9. The Morgan fingerprint density at radius 1 is 0.686 bits per heavy atom. The van der Waals surface area contributed by atoms with Gasteiger partial charge in [-0.2, -0.15) is 8.42 Å². The number of primary amides is 1. The van der Waals surface area contributed by atoms with E-state index < -0.39 is 109 Å². The molecule has 0 saturated carbocycles. The molecule has 37 heteroatoms. The third kappa shape index (κ3) is 28.5. The summed E-state index contributed by atoms with van der Waals surface area (Å²) >= 11 is -1.27. The van der Waals surface area contributed by atoms with Crippen molar-refractivity contribution in [1.29, 1.82) is 0 Å². The van der Waals surface area contributed by atoms with Crippen molar-refractivity contribution in [3.63, 3.8) is 0 Å². The van der Waals surface area contributed by atoms with Crippen molar-refractivity contribution in [2.24, 2.45) is 82.5 Å². The smallest absolute Gasteiger partial charge is 0.294 e. The molecule has 2 aromatic rings. The molecule has 7 atom stereocenters. The number of amides is 8. The number of nitrogens with one attached hydrogen (secondary N) is 5. The van der Waals surface area contributed by atoms with Crippen LogP contribution in [0.2, 0.25) is 0 Å². The number of likely N-dealkylation sites (tertiary alicyclic amines) is 1. The number of fused-ring (bicyclic) bond motifs is 1. The highest BCUT2D eigenvalue weighted by molar-refractivity contribution is 8.00. The van der Waals surface area contributed by atoms with E-state index in [4.69, 9.17) is 56.6 Å². The van der Waals surface area contributed by atoms with Gasteiger partial charge in [-0.25, -0.2) is 4.21 Å². The second-order valence-electron chi connectivity index (χ2n) is 26.4. The van der Waals surface area contributed by atoms with Crippen molar-refractivity contribution in [3.05, 3.63) is 89.2 Å². The first-order chi connectivity index (χ1) is 49.4. The van der Waals surface area contributed by atoms with Crippen LogP contribution in [-0.2, 0) is 70.4 Å². The number of guanidine groups is 4. The molecular formula is C68H107N21O13S3. The van der Waals surface area contributed by atoms with Gasteiger partial charge in [-0.3, -0.25) is 72.8 Å². The molecule has 25 N–H and O–H groups in total. The van der Waals surface area contributed by atoms with Crippen molar-refractivity contribution in [2.75, 3.05) is 63.0 Å². The number of hydrogen-bond donors (Lipinski definition) is 16. The van der Waals surface area contributed by atoms with Crippen LogP contribution in [-0.4, -0.2) is 191 Å². The third-order valence-electron chi connectivity index (χ3n) is 17.5. The summed E-state index contributed by atoms with van der Waals surface area (Å²) in [4.78, 5) is 133. The molecule has 0 aromatic heterocycles. The molecule has 2 unspecified atom stereocenters. The molecular weight excluding hydrogens is 1420 g/mol. The molecule has 2 aliphatic heterocycles. The summed E-state index contributed by atoms with van der Waals surface area (Å²) in [6.07, 6.45) is 12.1. The molecule has 580 valence electrons. The van der Waals surface area contributed by atoms with Crippen LogP contribution in [0.3, 0.4) is 0 Å². The Kier molecular flexibility index (Phi) is 35.6. The lowest BCUT2D eigenvalue weighted by Gasteiger charge is -2.28. The van der Waals surface area contributed by atoms with Gasteiger partial charge < -0.3 is 87.6 Å². The molecule has 0 aliphatic carbocycles. The first-order valence-corrected chi connectivity index (χ1v) is 38.2. The summed E-state index contributed by atoms with van der Waals surface area (Å²) in [6.45, 7) is 14.7. The van der Waals surface area contributed by atoms with Crippen molar-refractivity contribution >= 4 is 115 Å².